The van der Waals surface area contributed by atoms with Crippen LogP contribution in [0.15, 0.2) is 48.5 Å². The molecule has 0 unspecified atom stereocenters. The number of amides is 1. The van der Waals surface area contributed by atoms with Gasteiger partial charge in [0, 0.05) is 33.2 Å². The van der Waals surface area contributed by atoms with Crippen LogP contribution in [0.3, 0.4) is 0 Å². The summed E-state index contributed by atoms with van der Waals surface area (Å²) in [6.45, 7) is 3.14. The first-order chi connectivity index (χ1) is 20.6. The smallest absolute Gasteiger partial charge is 0.407 e. The summed E-state index contributed by atoms with van der Waals surface area (Å²) in [6, 6.07) is 15.9. The van der Waals surface area contributed by atoms with Crippen molar-refractivity contribution in [3.8, 4) is 11.1 Å². The highest BCUT2D eigenvalue weighted by atomic mass is 16.7. The van der Waals surface area contributed by atoms with Gasteiger partial charge in [0.25, 0.3) is 0 Å². The minimum absolute atomic E-state index is 0.0577. The Kier molecular flexibility index (Phi) is 10.3. The highest BCUT2D eigenvalue weighted by molar-refractivity contribution is 5.79. The van der Waals surface area contributed by atoms with Crippen LogP contribution in [0.5, 0.6) is 0 Å². The third-order valence-corrected chi connectivity index (χ3v) is 6.83. The molecule has 1 amide bonds. The molecule has 4 rings (SSSR count). The van der Waals surface area contributed by atoms with E-state index in [9.17, 15) is 24.0 Å². The molecule has 2 aromatic carbocycles. The topological polar surface area (TPSA) is 162 Å². The Hall–Kier alpha value is -4.49. The zero-order valence-electron chi connectivity index (χ0n) is 24.1. The second-order valence-electron chi connectivity index (χ2n) is 9.79. The molecule has 1 heterocycles. The Morgan fingerprint density at radius 2 is 1.30 bits per heavy atom. The van der Waals surface area contributed by atoms with E-state index in [-0.39, 0.29) is 25.7 Å². The van der Waals surface area contributed by atoms with Gasteiger partial charge in [-0.1, -0.05) is 48.5 Å². The second-order valence-corrected chi connectivity index (χ2v) is 9.79. The minimum atomic E-state index is -1.58. The molecule has 0 radical (unpaired) electrons. The zero-order chi connectivity index (χ0) is 31.1. The molecule has 1 aliphatic carbocycles. The molecule has 0 bridgehead atoms. The van der Waals surface area contributed by atoms with Gasteiger partial charge < -0.3 is 38.5 Å². The molecular formula is C30H33NO12. The fourth-order valence-corrected chi connectivity index (χ4v) is 5.19. The van der Waals surface area contributed by atoms with Gasteiger partial charge in [-0.05, 0) is 22.3 Å². The lowest BCUT2D eigenvalue weighted by Gasteiger charge is -2.43. The van der Waals surface area contributed by atoms with Gasteiger partial charge >= 0.3 is 30.0 Å². The summed E-state index contributed by atoms with van der Waals surface area (Å²) >= 11 is 0. The summed E-state index contributed by atoms with van der Waals surface area (Å²) in [5.74, 6) is -3.47. The summed E-state index contributed by atoms with van der Waals surface area (Å²) in [4.78, 5) is 60.6. The number of benzene rings is 2. The van der Waals surface area contributed by atoms with Crippen molar-refractivity contribution in [2.24, 2.45) is 0 Å². The fourth-order valence-electron chi connectivity index (χ4n) is 5.19. The van der Waals surface area contributed by atoms with Gasteiger partial charge in [0.05, 0.1) is 13.7 Å². The van der Waals surface area contributed by atoms with E-state index >= 15 is 0 Å². The SMILES string of the molecule is COC(=O)[C@H]1O[C@@H](OCCNC(=O)OCC2c3ccccc3-c3ccccc32)[C@H](OC(C)=O)[C@@H](OC(C)=O)[C@@H]1OC(C)=O. The maximum absolute atomic E-state index is 12.5. The molecule has 1 saturated heterocycles. The van der Waals surface area contributed by atoms with Crippen molar-refractivity contribution in [3.63, 3.8) is 0 Å². The Morgan fingerprint density at radius 1 is 0.767 bits per heavy atom. The molecule has 2 aliphatic rings. The first kappa shape index (κ1) is 31.4. The molecule has 13 heteroatoms. The third-order valence-electron chi connectivity index (χ3n) is 6.83. The van der Waals surface area contributed by atoms with Crippen molar-refractivity contribution in [2.45, 2.75) is 57.4 Å². The summed E-state index contributed by atoms with van der Waals surface area (Å²) in [5.41, 5.74) is 4.34. The van der Waals surface area contributed by atoms with Gasteiger partial charge in [-0.25, -0.2) is 9.59 Å². The number of methoxy groups -OCH3 is 1. The van der Waals surface area contributed by atoms with Gasteiger partial charge in [-0.15, -0.1) is 0 Å². The average Bonchev–Trinajstić information content (AvgIpc) is 3.29. The number of carbonyl (C=O) groups excluding carboxylic acids is 5. The third kappa shape index (κ3) is 7.48. The number of carbonyl (C=O) groups is 5. The van der Waals surface area contributed by atoms with E-state index < -0.39 is 60.7 Å². The number of esters is 4. The number of nitrogens with one attached hydrogen (secondary N) is 1. The van der Waals surface area contributed by atoms with Crippen LogP contribution >= 0.6 is 0 Å². The van der Waals surface area contributed by atoms with Crippen LogP contribution in [0.25, 0.3) is 11.1 Å². The molecule has 5 atom stereocenters. The predicted octanol–water partition coefficient (Wildman–Crippen LogP) is 2.23. The lowest BCUT2D eigenvalue weighted by Crippen LogP contribution is -2.64. The van der Waals surface area contributed by atoms with Gasteiger partial charge in [-0.3, -0.25) is 14.4 Å². The largest absolute Gasteiger partial charge is 0.467 e. The van der Waals surface area contributed by atoms with Crippen LogP contribution in [0.2, 0.25) is 0 Å². The van der Waals surface area contributed by atoms with E-state index in [1.807, 2.05) is 48.5 Å². The van der Waals surface area contributed by atoms with Crippen molar-refractivity contribution in [3.05, 3.63) is 59.7 Å². The average molecular weight is 600 g/mol. The molecule has 0 spiro atoms. The number of ether oxygens (including phenoxy) is 7. The van der Waals surface area contributed by atoms with Crippen LogP contribution in [-0.2, 0) is 52.3 Å². The van der Waals surface area contributed by atoms with E-state index in [0.717, 1.165) is 50.1 Å². The van der Waals surface area contributed by atoms with E-state index in [2.05, 4.69) is 5.32 Å². The van der Waals surface area contributed by atoms with E-state index in [1.54, 1.807) is 0 Å². The quantitative estimate of drug-likeness (QED) is 0.241. The van der Waals surface area contributed by atoms with Crippen LogP contribution in [0.1, 0.15) is 37.8 Å². The van der Waals surface area contributed by atoms with E-state index in [1.165, 1.54) is 0 Å². The number of alkyl carbamates (subject to hydrolysis) is 1. The zero-order valence-corrected chi connectivity index (χ0v) is 24.1. The molecule has 1 aliphatic heterocycles. The van der Waals surface area contributed by atoms with Gasteiger partial charge in [0.15, 0.2) is 30.7 Å². The van der Waals surface area contributed by atoms with Crippen LogP contribution < -0.4 is 5.32 Å². The fraction of sp³-hybridized carbons (Fsp3) is 0.433. The van der Waals surface area contributed by atoms with Crippen LogP contribution in [-0.4, -0.2) is 87.5 Å². The van der Waals surface area contributed by atoms with Crippen LogP contribution in [0.4, 0.5) is 4.79 Å². The monoisotopic (exact) mass is 599 g/mol. The Labute approximate surface area is 247 Å². The highest BCUT2D eigenvalue weighted by Crippen LogP contribution is 2.44. The summed E-state index contributed by atoms with van der Waals surface area (Å²) in [7, 11) is 1.09. The summed E-state index contributed by atoms with van der Waals surface area (Å²) in [5, 5.41) is 2.58. The first-order valence-electron chi connectivity index (χ1n) is 13.6. The molecule has 1 N–H and O–H groups in total. The van der Waals surface area contributed by atoms with E-state index in [4.69, 9.17) is 33.2 Å². The maximum atomic E-state index is 12.5. The summed E-state index contributed by atoms with van der Waals surface area (Å²) < 4.78 is 37.4. The van der Waals surface area contributed by atoms with Gasteiger partial charge in [-0.2, -0.15) is 0 Å². The van der Waals surface area contributed by atoms with Crippen molar-refractivity contribution in [1.29, 1.82) is 0 Å². The first-order valence-corrected chi connectivity index (χ1v) is 13.6. The van der Waals surface area contributed by atoms with Crippen molar-refractivity contribution < 1.29 is 57.1 Å². The molecule has 43 heavy (non-hydrogen) atoms. The van der Waals surface area contributed by atoms with Gasteiger partial charge in [0.1, 0.15) is 6.61 Å². The normalized spacial score (nSPS) is 22.4. The lowest BCUT2D eigenvalue weighted by molar-refractivity contribution is -0.301. The van der Waals surface area contributed by atoms with Crippen molar-refractivity contribution in [1.82, 2.24) is 5.32 Å². The number of hydrogen-bond acceptors (Lipinski definition) is 12. The Balaban J connectivity index is 1.38. The molecule has 13 nitrogen and oxygen atoms in total. The number of rotatable bonds is 10. The highest BCUT2D eigenvalue weighted by Gasteiger charge is 2.55. The van der Waals surface area contributed by atoms with Gasteiger partial charge in [0.2, 0.25) is 0 Å². The van der Waals surface area contributed by atoms with Crippen LogP contribution in [0, 0.1) is 0 Å². The van der Waals surface area contributed by atoms with Crippen molar-refractivity contribution >= 4 is 30.0 Å². The predicted molar refractivity (Wildman–Crippen MR) is 146 cm³/mol. The Bertz CT molecular complexity index is 1310. The van der Waals surface area contributed by atoms with Crippen molar-refractivity contribution in [2.75, 3.05) is 26.9 Å². The molecule has 0 aromatic heterocycles. The minimum Gasteiger partial charge on any atom is -0.467 e. The molecular weight excluding hydrogens is 566 g/mol. The molecule has 2 aromatic rings. The lowest BCUT2D eigenvalue weighted by atomic mass is 9.97. The van der Waals surface area contributed by atoms with E-state index in [0.29, 0.717) is 0 Å². The number of fused-ring (bicyclic) bond motifs is 3. The molecule has 1 fully saturated rings. The summed E-state index contributed by atoms with van der Waals surface area (Å²) in [6.07, 6.45) is -8.13. The molecule has 0 saturated carbocycles. The Morgan fingerprint density at radius 3 is 1.86 bits per heavy atom. The molecule has 230 valence electrons. The maximum Gasteiger partial charge on any atom is 0.407 e. The standard InChI is InChI=1S/C30H33NO12/c1-16(32)40-24-25(41-17(2)33)27(42-18(3)34)29(43-26(24)28(35)37-4)38-14-13-31-30(36)39-15-23-21-11-7-5-9-19(21)20-10-6-8-12-22(20)23/h5-12,23-27,29H,13-15H2,1-4H3,(H,31,36)/t24-,25-,26-,27+,29+/m0/s1. The second kappa shape index (κ2) is 14.1. The number of hydrogen-bond donors (Lipinski definition) is 1.